The van der Waals surface area contributed by atoms with E-state index in [9.17, 15) is 14.4 Å². The number of nitrogens with one attached hydrogen (secondary N) is 1. The van der Waals surface area contributed by atoms with Crippen LogP contribution in [0.25, 0.3) is 0 Å². The second kappa shape index (κ2) is 5.43. The molecule has 1 aliphatic heterocycles. The van der Waals surface area contributed by atoms with Crippen molar-refractivity contribution in [3.05, 3.63) is 0 Å². The molecule has 3 aliphatic rings. The molecule has 116 valence electrons. The van der Waals surface area contributed by atoms with Crippen LogP contribution in [0.1, 0.15) is 64.7 Å². The van der Waals surface area contributed by atoms with Crippen molar-refractivity contribution in [2.75, 3.05) is 0 Å². The molecular weight excluding hydrogens is 268 g/mol. The van der Waals surface area contributed by atoms with E-state index < -0.39 is 11.4 Å². The highest BCUT2D eigenvalue weighted by molar-refractivity contribution is 6.19. The highest BCUT2D eigenvalue weighted by Crippen LogP contribution is 2.44. The van der Waals surface area contributed by atoms with Crippen LogP contribution in [0, 0.1) is 11.3 Å². The van der Waals surface area contributed by atoms with Gasteiger partial charge in [-0.3, -0.25) is 19.8 Å². The van der Waals surface area contributed by atoms with Crippen LogP contribution in [0.3, 0.4) is 0 Å². The van der Waals surface area contributed by atoms with Gasteiger partial charge in [-0.2, -0.15) is 0 Å². The molecular formula is C16H24N2O3. The maximum Gasteiger partial charge on any atom is 0.331 e. The number of nitrogens with zero attached hydrogens (tertiary/aromatic N) is 1. The minimum absolute atomic E-state index is 0.0261. The van der Waals surface area contributed by atoms with E-state index >= 15 is 0 Å². The summed E-state index contributed by atoms with van der Waals surface area (Å²) in [6.45, 7) is 2.12. The summed E-state index contributed by atoms with van der Waals surface area (Å²) < 4.78 is 0. The van der Waals surface area contributed by atoms with Crippen LogP contribution in [0.2, 0.25) is 0 Å². The quantitative estimate of drug-likeness (QED) is 0.795. The lowest BCUT2D eigenvalue weighted by Crippen LogP contribution is -2.66. The molecule has 2 atom stereocenters. The summed E-state index contributed by atoms with van der Waals surface area (Å²) in [7, 11) is 0. The van der Waals surface area contributed by atoms with Crippen molar-refractivity contribution >= 4 is 17.8 Å². The molecule has 0 bridgehead atoms. The van der Waals surface area contributed by atoms with Gasteiger partial charge < -0.3 is 0 Å². The van der Waals surface area contributed by atoms with E-state index in [1.165, 1.54) is 11.3 Å². The Labute approximate surface area is 125 Å². The Hall–Kier alpha value is -1.39. The second-order valence-electron chi connectivity index (χ2n) is 6.74. The molecule has 3 rings (SSSR count). The molecule has 1 spiro atoms. The zero-order valence-electron chi connectivity index (χ0n) is 12.7. The molecule has 2 aliphatic carbocycles. The van der Waals surface area contributed by atoms with Crippen LogP contribution in [-0.2, 0) is 9.59 Å². The van der Waals surface area contributed by atoms with Crippen LogP contribution in [0.4, 0.5) is 4.79 Å². The molecule has 0 aromatic rings. The number of imide groups is 2. The molecule has 0 radical (unpaired) electrons. The summed E-state index contributed by atoms with van der Waals surface area (Å²) in [4.78, 5) is 38.9. The van der Waals surface area contributed by atoms with Gasteiger partial charge in [-0.25, -0.2) is 4.79 Å². The topological polar surface area (TPSA) is 66.5 Å². The van der Waals surface area contributed by atoms with Gasteiger partial charge in [0.05, 0.1) is 0 Å². The highest BCUT2D eigenvalue weighted by Gasteiger charge is 2.56. The number of carbonyl (C=O) groups is 3. The van der Waals surface area contributed by atoms with E-state index in [2.05, 4.69) is 12.2 Å². The Balaban J connectivity index is 1.91. The third-order valence-electron chi connectivity index (χ3n) is 5.68. The fourth-order valence-electron chi connectivity index (χ4n) is 4.42. The van der Waals surface area contributed by atoms with Crippen LogP contribution in [0.5, 0.6) is 0 Å². The molecule has 5 nitrogen and oxygen atoms in total. The number of urea groups is 1. The van der Waals surface area contributed by atoms with Gasteiger partial charge >= 0.3 is 6.03 Å². The van der Waals surface area contributed by atoms with Gasteiger partial charge in [0.25, 0.3) is 0 Å². The van der Waals surface area contributed by atoms with Gasteiger partial charge in [-0.05, 0) is 31.6 Å². The molecule has 0 aromatic carbocycles. The van der Waals surface area contributed by atoms with Crippen molar-refractivity contribution in [3.63, 3.8) is 0 Å². The largest absolute Gasteiger partial charge is 0.331 e. The molecule has 1 saturated heterocycles. The average molecular weight is 292 g/mol. The SMILES string of the molecule is CCC1CCCCC1N1C(=O)NC(=O)C2(CCCC2)C1=O. The van der Waals surface area contributed by atoms with Crippen LogP contribution in [-0.4, -0.2) is 28.8 Å². The van der Waals surface area contributed by atoms with Crippen molar-refractivity contribution in [1.82, 2.24) is 10.2 Å². The number of barbiturate groups is 1. The molecule has 1 N–H and O–H groups in total. The lowest BCUT2D eigenvalue weighted by atomic mass is 9.77. The lowest BCUT2D eigenvalue weighted by molar-refractivity contribution is -0.153. The van der Waals surface area contributed by atoms with Gasteiger partial charge in [0, 0.05) is 6.04 Å². The predicted molar refractivity (Wildman–Crippen MR) is 77.3 cm³/mol. The maximum absolute atomic E-state index is 13.0. The Kier molecular flexibility index (Phi) is 3.76. The molecule has 4 amide bonds. The van der Waals surface area contributed by atoms with E-state index in [1.807, 2.05) is 0 Å². The van der Waals surface area contributed by atoms with E-state index in [0.29, 0.717) is 18.8 Å². The van der Waals surface area contributed by atoms with Crippen molar-refractivity contribution in [3.8, 4) is 0 Å². The van der Waals surface area contributed by atoms with E-state index in [0.717, 1.165) is 38.5 Å². The molecule has 3 fully saturated rings. The Morgan fingerprint density at radius 1 is 1.10 bits per heavy atom. The van der Waals surface area contributed by atoms with E-state index in [-0.39, 0.29) is 17.9 Å². The summed E-state index contributed by atoms with van der Waals surface area (Å²) in [6.07, 6.45) is 8.10. The monoisotopic (exact) mass is 292 g/mol. The molecule has 21 heavy (non-hydrogen) atoms. The summed E-state index contributed by atoms with van der Waals surface area (Å²) in [6, 6.07) is -0.519. The number of amides is 4. The normalized spacial score (nSPS) is 32.6. The molecule has 5 heteroatoms. The van der Waals surface area contributed by atoms with Gasteiger partial charge in [-0.15, -0.1) is 0 Å². The molecule has 2 saturated carbocycles. The number of hydrogen-bond acceptors (Lipinski definition) is 3. The van der Waals surface area contributed by atoms with Crippen molar-refractivity contribution in [2.24, 2.45) is 11.3 Å². The predicted octanol–water partition coefficient (Wildman–Crippen LogP) is 2.59. The van der Waals surface area contributed by atoms with Crippen molar-refractivity contribution in [1.29, 1.82) is 0 Å². The van der Waals surface area contributed by atoms with Gasteiger partial charge in [0.15, 0.2) is 0 Å². The Morgan fingerprint density at radius 3 is 2.43 bits per heavy atom. The van der Waals surface area contributed by atoms with E-state index in [4.69, 9.17) is 0 Å². The van der Waals surface area contributed by atoms with Crippen LogP contribution >= 0.6 is 0 Å². The minimum Gasteiger partial charge on any atom is -0.277 e. The second-order valence-corrected chi connectivity index (χ2v) is 6.74. The Morgan fingerprint density at radius 2 is 1.76 bits per heavy atom. The summed E-state index contributed by atoms with van der Waals surface area (Å²) in [5.41, 5.74) is -0.955. The van der Waals surface area contributed by atoms with Crippen molar-refractivity contribution in [2.45, 2.75) is 70.8 Å². The first-order chi connectivity index (χ1) is 10.1. The van der Waals surface area contributed by atoms with Crippen LogP contribution in [0.15, 0.2) is 0 Å². The maximum atomic E-state index is 13.0. The van der Waals surface area contributed by atoms with E-state index in [1.54, 1.807) is 0 Å². The highest BCUT2D eigenvalue weighted by atomic mass is 16.2. The Bertz CT molecular complexity index is 468. The van der Waals surface area contributed by atoms with Gasteiger partial charge in [-0.1, -0.05) is 39.0 Å². The van der Waals surface area contributed by atoms with Crippen LogP contribution < -0.4 is 5.32 Å². The minimum atomic E-state index is -0.955. The third-order valence-corrected chi connectivity index (χ3v) is 5.68. The third kappa shape index (κ3) is 2.17. The molecule has 0 aromatic heterocycles. The van der Waals surface area contributed by atoms with Crippen molar-refractivity contribution < 1.29 is 14.4 Å². The first-order valence-electron chi connectivity index (χ1n) is 8.29. The summed E-state index contributed by atoms with van der Waals surface area (Å²) in [5, 5.41) is 2.46. The first-order valence-corrected chi connectivity index (χ1v) is 8.29. The number of carbonyl (C=O) groups excluding carboxylic acids is 3. The lowest BCUT2D eigenvalue weighted by Gasteiger charge is -2.44. The zero-order valence-corrected chi connectivity index (χ0v) is 12.7. The first kappa shape index (κ1) is 14.5. The standard InChI is InChI=1S/C16H24N2O3/c1-2-11-7-3-4-8-12(11)18-14(20)16(9-5-6-10-16)13(19)17-15(18)21/h11-12H,2-10H2,1H3,(H,17,19,21). The summed E-state index contributed by atoms with van der Waals surface area (Å²) in [5.74, 6) is -0.214. The number of hydrogen-bond donors (Lipinski definition) is 1. The zero-order chi connectivity index (χ0) is 15.0. The number of rotatable bonds is 2. The molecule has 2 unspecified atom stereocenters. The fraction of sp³-hybridized carbons (Fsp3) is 0.812. The fourth-order valence-corrected chi connectivity index (χ4v) is 4.42. The van der Waals surface area contributed by atoms with Gasteiger partial charge in [0.2, 0.25) is 11.8 Å². The summed E-state index contributed by atoms with van der Waals surface area (Å²) >= 11 is 0. The van der Waals surface area contributed by atoms with Gasteiger partial charge in [0.1, 0.15) is 5.41 Å². The molecule has 1 heterocycles. The smallest absolute Gasteiger partial charge is 0.277 e. The average Bonchev–Trinajstić information content (AvgIpc) is 2.97.